The van der Waals surface area contributed by atoms with E-state index in [1.54, 1.807) is 0 Å². The normalized spacial score (nSPS) is 25.9. The molecule has 4 nitrogen and oxygen atoms in total. The van der Waals surface area contributed by atoms with E-state index in [1.807, 2.05) is 11.0 Å². The average Bonchev–Trinajstić information content (AvgIpc) is 2.61. The number of piperidine rings is 2. The Kier molecular flexibility index (Phi) is 5.90. The second-order valence-electron chi connectivity index (χ2n) is 7.35. The van der Waals surface area contributed by atoms with E-state index in [4.69, 9.17) is 0 Å². The zero-order valence-electron chi connectivity index (χ0n) is 14.6. The minimum Gasteiger partial charge on any atom is -0.379 e. The van der Waals surface area contributed by atoms with Gasteiger partial charge >= 0.3 is 0 Å². The molecule has 1 aromatic rings. The van der Waals surface area contributed by atoms with E-state index >= 15 is 0 Å². The topological polar surface area (TPSA) is 43.8 Å². The summed E-state index contributed by atoms with van der Waals surface area (Å²) < 4.78 is 0. The molecule has 0 aromatic heterocycles. The molecule has 1 amide bonds. The van der Waals surface area contributed by atoms with E-state index in [0.717, 1.165) is 45.4 Å². The van der Waals surface area contributed by atoms with Gasteiger partial charge in [0.1, 0.15) is 0 Å². The minimum absolute atomic E-state index is 0.0487. The number of rotatable bonds is 6. The van der Waals surface area contributed by atoms with Crippen molar-refractivity contribution in [3.05, 3.63) is 35.9 Å². The van der Waals surface area contributed by atoms with Crippen molar-refractivity contribution in [1.29, 1.82) is 0 Å². The van der Waals surface area contributed by atoms with E-state index in [1.165, 1.54) is 24.8 Å². The van der Waals surface area contributed by atoms with Gasteiger partial charge in [0, 0.05) is 19.6 Å². The SMILES string of the molecule is O=C1N(CCCc2ccccc2)CCC[C@@]1(O)CN1CCCCC1. The number of nitrogens with zero attached hydrogens (tertiary/aromatic N) is 2. The highest BCUT2D eigenvalue weighted by molar-refractivity contribution is 5.86. The Bertz CT molecular complexity index is 528. The fraction of sp³-hybridized carbons (Fsp3) is 0.650. The fourth-order valence-electron chi connectivity index (χ4n) is 4.03. The summed E-state index contributed by atoms with van der Waals surface area (Å²) in [5.74, 6) is -0.0487. The van der Waals surface area contributed by atoms with Crippen molar-refractivity contribution in [1.82, 2.24) is 9.80 Å². The summed E-state index contributed by atoms with van der Waals surface area (Å²) in [6.07, 6.45) is 7.09. The summed E-state index contributed by atoms with van der Waals surface area (Å²) in [7, 11) is 0. The van der Waals surface area contributed by atoms with Crippen LogP contribution in [0, 0.1) is 0 Å². The summed E-state index contributed by atoms with van der Waals surface area (Å²) in [6.45, 7) is 4.08. The van der Waals surface area contributed by atoms with Crippen molar-refractivity contribution in [2.24, 2.45) is 0 Å². The van der Waals surface area contributed by atoms with Crippen LogP contribution in [0.4, 0.5) is 0 Å². The fourth-order valence-corrected chi connectivity index (χ4v) is 4.03. The second-order valence-corrected chi connectivity index (χ2v) is 7.35. The molecule has 2 heterocycles. The number of β-amino-alcohol motifs (C(OH)–C–C–N with tert-alkyl or cyclic N) is 1. The molecule has 2 aliphatic rings. The van der Waals surface area contributed by atoms with Crippen LogP contribution in [-0.2, 0) is 11.2 Å². The smallest absolute Gasteiger partial charge is 0.255 e. The molecule has 2 aliphatic heterocycles. The highest BCUT2D eigenvalue weighted by Gasteiger charge is 2.43. The Morgan fingerprint density at radius 2 is 1.75 bits per heavy atom. The number of hydrogen-bond donors (Lipinski definition) is 1. The Morgan fingerprint density at radius 3 is 2.50 bits per heavy atom. The number of benzene rings is 1. The Hall–Kier alpha value is -1.39. The number of amides is 1. The van der Waals surface area contributed by atoms with Crippen LogP contribution in [0.1, 0.15) is 44.1 Å². The van der Waals surface area contributed by atoms with E-state index in [-0.39, 0.29) is 5.91 Å². The third-order valence-corrected chi connectivity index (χ3v) is 5.37. The summed E-state index contributed by atoms with van der Waals surface area (Å²) in [5, 5.41) is 10.9. The van der Waals surface area contributed by atoms with Crippen LogP contribution in [0.15, 0.2) is 30.3 Å². The molecule has 1 atom stereocenters. The molecule has 0 aliphatic carbocycles. The third kappa shape index (κ3) is 4.37. The molecule has 2 saturated heterocycles. The number of carbonyl (C=O) groups excluding carboxylic acids is 1. The lowest BCUT2D eigenvalue weighted by atomic mass is 9.90. The van der Waals surface area contributed by atoms with Crippen LogP contribution < -0.4 is 0 Å². The zero-order valence-corrected chi connectivity index (χ0v) is 14.6. The molecule has 4 heteroatoms. The highest BCUT2D eigenvalue weighted by atomic mass is 16.3. The lowest BCUT2D eigenvalue weighted by Gasteiger charge is -2.41. The van der Waals surface area contributed by atoms with Gasteiger partial charge in [0.05, 0.1) is 0 Å². The molecule has 132 valence electrons. The monoisotopic (exact) mass is 330 g/mol. The van der Waals surface area contributed by atoms with Crippen LogP contribution in [-0.4, -0.2) is 59.1 Å². The van der Waals surface area contributed by atoms with Crippen molar-refractivity contribution >= 4 is 5.91 Å². The first kappa shape index (κ1) is 17.4. The number of aliphatic hydroxyl groups is 1. The van der Waals surface area contributed by atoms with Crippen LogP contribution in [0.5, 0.6) is 0 Å². The van der Waals surface area contributed by atoms with Gasteiger partial charge in [0.15, 0.2) is 5.60 Å². The molecule has 2 fully saturated rings. The lowest BCUT2D eigenvalue weighted by molar-refractivity contribution is -0.159. The van der Waals surface area contributed by atoms with Gasteiger partial charge in [0.25, 0.3) is 5.91 Å². The molecule has 0 radical (unpaired) electrons. The molecule has 24 heavy (non-hydrogen) atoms. The van der Waals surface area contributed by atoms with Gasteiger partial charge in [-0.1, -0.05) is 36.8 Å². The van der Waals surface area contributed by atoms with Crippen molar-refractivity contribution in [2.75, 3.05) is 32.7 Å². The maximum atomic E-state index is 12.8. The average molecular weight is 330 g/mol. The van der Waals surface area contributed by atoms with Gasteiger partial charge in [-0.15, -0.1) is 0 Å². The van der Waals surface area contributed by atoms with E-state index in [0.29, 0.717) is 13.0 Å². The standard InChI is InChI=1S/C20H30N2O2/c23-19-20(24,17-21-13-5-2-6-14-21)12-8-16-22(19)15-7-11-18-9-3-1-4-10-18/h1,3-4,9-10,24H,2,5-8,11-17H2/t20-/m1/s1. The first-order valence-corrected chi connectivity index (χ1v) is 9.45. The third-order valence-electron chi connectivity index (χ3n) is 5.37. The highest BCUT2D eigenvalue weighted by Crippen LogP contribution is 2.25. The van der Waals surface area contributed by atoms with Gasteiger partial charge in [-0.2, -0.15) is 0 Å². The first-order valence-electron chi connectivity index (χ1n) is 9.45. The molecule has 1 N–H and O–H groups in total. The molecule has 0 spiro atoms. The van der Waals surface area contributed by atoms with Crippen LogP contribution in [0.25, 0.3) is 0 Å². The van der Waals surface area contributed by atoms with Crippen molar-refractivity contribution in [2.45, 2.75) is 50.5 Å². The summed E-state index contributed by atoms with van der Waals surface area (Å²) in [5.41, 5.74) is 0.146. The van der Waals surface area contributed by atoms with E-state index < -0.39 is 5.60 Å². The predicted octanol–water partition coefficient (Wildman–Crippen LogP) is 2.46. The van der Waals surface area contributed by atoms with E-state index in [9.17, 15) is 9.90 Å². The predicted molar refractivity (Wildman–Crippen MR) is 95.8 cm³/mol. The maximum Gasteiger partial charge on any atom is 0.255 e. The van der Waals surface area contributed by atoms with Crippen LogP contribution in [0.2, 0.25) is 0 Å². The van der Waals surface area contributed by atoms with Gasteiger partial charge < -0.3 is 10.0 Å². The van der Waals surface area contributed by atoms with Gasteiger partial charge in [-0.3, -0.25) is 9.69 Å². The summed E-state index contributed by atoms with van der Waals surface area (Å²) >= 11 is 0. The lowest BCUT2D eigenvalue weighted by Crippen LogP contribution is -2.59. The Balaban J connectivity index is 1.51. The van der Waals surface area contributed by atoms with Gasteiger partial charge in [0.2, 0.25) is 0 Å². The Morgan fingerprint density at radius 1 is 1.00 bits per heavy atom. The Labute approximate surface area is 145 Å². The maximum absolute atomic E-state index is 12.8. The van der Waals surface area contributed by atoms with Crippen molar-refractivity contribution < 1.29 is 9.90 Å². The van der Waals surface area contributed by atoms with Crippen molar-refractivity contribution in [3.8, 4) is 0 Å². The van der Waals surface area contributed by atoms with Crippen molar-refractivity contribution in [3.63, 3.8) is 0 Å². The number of aryl methyl sites for hydroxylation is 1. The van der Waals surface area contributed by atoms with Crippen LogP contribution in [0.3, 0.4) is 0 Å². The molecule has 3 rings (SSSR count). The number of carbonyl (C=O) groups is 1. The quantitative estimate of drug-likeness (QED) is 0.871. The molecule has 0 bridgehead atoms. The van der Waals surface area contributed by atoms with Gasteiger partial charge in [-0.05, 0) is 57.2 Å². The molecule has 0 unspecified atom stereocenters. The minimum atomic E-state index is -1.16. The van der Waals surface area contributed by atoms with Crippen LogP contribution >= 0.6 is 0 Å². The number of hydrogen-bond acceptors (Lipinski definition) is 3. The zero-order chi connectivity index (χ0) is 16.8. The molecular weight excluding hydrogens is 300 g/mol. The second kappa shape index (κ2) is 8.13. The van der Waals surface area contributed by atoms with E-state index in [2.05, 4.69) is 29.2 Å². The first-order chi connectivity index (χ1) is 11.7. The molecular formula is C20H30N2O2. The number of likely N-dealkylation sites (tertiary alicyclic amines) is 2. The summed E-state index contributed by atoms with van der Waals surface area (Å²) in [4.78, 5) is 17.0. The van der Waals surface area contributed by atoms with Gasteiger partial charge in [-0.25, -0.2) is 0 Å². The summed E-state index contributed by atoms with van der Waals surface area (Å²) in [6, 6.07) is 10.4. The largest absolute Gasteiger partial charge is 0.379 e. The molecule has 1 aromatic carbocycles. The molecule has 0 saturated carbocycles.